The molecule has 0 unspecified atom stereocenters. The Morgan fingerprint density at radius 1 is 1.26 bits per heavy atom. The molecule has 1 aromatic carbocycles. The van der Waals surface area contributed by atoms with Gasteiger partial charge in [-0.3, -0.25) is 14.2 Å². The fourth-order valence-corrected chi connectivity index (χ4v) is 3.55. The van der Waals surface area contributed by atoms with Gasteiger partial charge in [-0.05, 0) is 54.5 Å². The maximum atomic E-state index is 12.8. The van der Waals surface area contributed by atoms with Crippen molar-refractivity contribution in [1.82, 2.24) is 14.9 Å². The van der Waals surface area contributed by atoms with Crippen molar-refractivity contribution < 1.29 is 9.63 Å². The molecule has 1 heterocycles. The number of amides is 1. The zero-order chi connectivity index (χ0) is 22.2. The third-order valence-electron chi connectivity index (χ3n) is 5.11. The number of hydrogen-bond acceptors (Lipinski definition) is 6. The molecule has 0 atom stereocenters. The Hall–Kier alpha value is -3.56. The summed E-state index contributed by atoms with van der Waals surface area (Å²) in [5.41, 5.74) is 14.7. The highest BCUT2D eigenvalue weighted by Gasteiger charge is 2.13. The third kappa shape index (κ3) is 6.21. The van der Waals surface area contributed by atoms with Crippen LogP contribution in [0.5, 0.6) is 0 Å². The van der Waals surface area contributed by atoms with E-state index < -0.39 is 0 Å². The Morgan fingerprint density at radius 3 is 2.87 bits per heavy atom. The van der Waals surface area contributed by atoms with Crippen LogP contribution in [-0.2, 0) is 35.4 Å². The van der Waals surface area contributed by atoms with Crippen LogP contribution in [0.3, 0.4) is 0 Å². The molecule has 3 rings (SSSR count). The van der Waals surface area contributed by atoms with Gasteiger partial charge in [0.15, 0.2) is 5.82 Å². The summed E-state index contributed by atoms with van der Waals surface area (Å²) in [6.07, 6.45) is 5.90. The van der Waals surface area contributed by atoms with Crippen molar-refractivity contribution in [2.45, 2.75) is 39.2 Å². The first-order valence-electron chi connectivity index (χ1n) is 10.3. The first-order chi connectivity index (χ1) is 14.9. The SMILES string of the molecule is Cc1cnc(NCCc2ccc3c(c2)CCC3)c(=O)n1CC(=O)NCCON=C(N)N. The molecule has 0 bridgehead atoms. The summed E-state index contributed by atoms with van der Waals surface area (Å²) in [5, 5.41) is 9.12. The lowest BCUT2D eigenvalue weighted by Crippen LogP contribution is -2.36. The topological polar surface area (TPSA) is 150 Å². The number of nitrogens with one attached hydrogen (secondary N) is 2. The number of fused-ring (bicyclic) bond motifs is 1. The van der Waals surface area contributed by atoms with Crippen molar-refractivity contribution in [3.8, 4) is 0 Å². The van der Waals surface area contributed by atoms with Crippen LogP contribution in [0.4, 0.5) is 5.82 Å². The molecule has 0 saturated carbocycles. The monoisotopic (exact) mass is 427 g/mol. The fraction of sp³-hybridized carbons (Fsp3) is 0.429. The van der Waals surface area contributed by atoms with Gasteiger partial charge in [-0.15, -0.1) is 0 Å². The number of aromatic nitrogens is 2. The zero-order valence-corrected chi connectivity index (χ0v) is 17.7. The number of aryl methyl sites for hydroxylation is 3. The summed E-state index contributed by atoms with van der Waals surface area (Å²) in [7, 11) is 0. The summed E-state index contributed by atoms with van der Waals surface area (Å²) in [6, 6.07) is 6.61. The van der Waals surface area contributed by atoms with Crippen molar-refractivity contribution in [2.75, 3.05) is 25.0 Å². The molecule has 1 amide bonds. The molecular weight excluding hydrogens is 398 g/mol. The number of nitrogens with zero attached hydrogens (tertiary/aromatic N) is 3. The van der Waals surface area contributed by atoms with Gasteiger partial charge in [-0.25, -0.2) is 4.98 Å². The smallest absolute Gasteiger partial charge is 0.293 e. The average Bonchev–Trinajstić information content (AvgIpc) is 3.20. The van der Waals surface area contributed by atoms with Crippen LogP contribution in [-0.4, -0.2) is 41.1 Å². The number of carbonyl (C=O) groups excluding carboxylic acids is 1. The molecule has 0 spiro atoms. The van der Waals surface area contributed by atoms with Gasteiger partial charge in [0.2, 0.25) is 11.9 Å². The molecular formula is C21H29N7O3. The number of hydrogen-bond donors (Lipinski definition) is 4. The second kappa shape index (κ2) is 10.5. The van der Waals surface area contributed by atoms with E-state index in [1.807, 2.05) is 0 Å². The van der Waals surface area contributed by atoms with Crippen LogP contribution >= 0.6 is 0 Å². The minimum atomic E-state index is -0.333. The molecule has 6 N–H and O–H groups in total. The first kappa shape index (κ1) is 22.1. The Labute approximate surface area is 180 Å². The van der Waals surface area contributed by atoms with Gasteiger partial charge in [-0.2, -0.15) is 0 Å². The van der Waals surface area contributed by atoms with Gasteiger partial charge in [0.25, 0.3) is 5.56 Å². The van der Waals surface area contributed by atoms with Gasteiger partial charge < -0.3 is 26.9 Å². The summed E-state index contributed by atoms with van der Waals surface area (Å²) < 4.78 is 1.39. The molecule has 1 aromatic heterocycles. The average molecular weight is 428 g/mol. The molecule has 10 nitrogen and oxygen atoms in total. The Kier molecular flexibility index (Phi) is 7.47. The lowest BCUT2D eigenvalue weighted by atomic mass is 10.0. The van der Waals surface area contributed by atoms with E-state index >= 15 is 0 Å². The molecule has 1 aliphatic carbocycles. The van der Waals surface area contributed by atoms with Gasteiger partial charge in [-0.1, -0.05) is 18.2 Å². The van der Waals surface area contributed by atoms with E-state index in [1.54, 1.807) is 13.1 Å². The maximum Gasteiger partial charge on any atom is 0.293 e. The Morgan fingerprint density at radius 2 is 2.06 bits per heavy atom. The van der Waals surface area contributed by atoms with E-state index in [2.05, 4.69) is 39.0 Å². The molecule has 2 aromatic rings. The maximum absolute atomic E-state index is 12.8. The van der Waals surface area contributed by atoms with Crippen molar-refractivity contribution in [2.24, 2.45) is 16.6 Å². The predicted molar refractivity (Wildman–Crippen MR) is 119 cm³/mol. The number of oxime groups is 1. The van der Waals surface area contributed by atoms with Crippen LogP contribution in [0.2, 0.25) is 0 Å². The number of benzene rings is 1. The second-order valence-electron chi connectivity index (χ2n) is 7.47. The Balaban J connectivity index is 1.53. The fourth-order valence-electron chi connectivity index (χ4n) is 3.55. The van der Waals surface area contributed by atoms with Crippen LogP contribution in [0, 0.1) is 6.92 Å². The van der Waals surface area contributed by atoms with E-state index in [9.17, 15) is 9.59 Å². The molecule has 0 aliphatic heterocycles. The number of rotatable bonds is 10. The molecule has 1 aliphatic rings. The van der Waals surface area contributed by atoms with Gasteiger partial charge in [0.1, 0.15) is 13.2 Å². The van der Waals surface area contributed by atoms with E-state index in [0.717, 1.165) is 19.3 Å². The minimum Gasteiger partial charge on any atom is -0.391 e. The van der Waals surface area contributed by atoms with Crippen molar-refractivity contribution in [1.29, 1.82) is 0 Å². The Bertz CT molecular complexity index is 1010. The largest absolute Gasteiger partial charge is 0.391 e. The van der Waals surface area contributed by atoms with Crippen LogP contribution < -0.4 is 27.7 Å². The van der Waals surface area contributed by atoms with Crippen LogP contribution in [0.1, 0.15) is 28.8 Å². The van der Waals surface area contributed by atoms with Gasteiger partial charge >= 0.3 is 0 Å². The normalized spacial score (nSPS) is 12.2. The number of anilines is 1. The quantitative estimate of drug-likeness (QED) is 0.181. The highest BCUT2D eigenvalue weighted by molar-refractivity contribution is 5.76. The highest BCUT2D eigenvalue weighted by atomic mass is 16.6. The van der Waals surface area contributed by atoms with E-state index in [0.29, 0.717) is 12.2 Å². The number of guanidine groups is 1. The van der Waals surface area contributed by atoms with Gasteiger partial charge in [0, 0.05) is 18.4 Å². The van der Waals surface area contributed by atoms with Crippen molar-refractivity contribution in [3.05, 3.63) is 57.1 Å². The molecule has 0 radical (unpaired) electrons. The van der Waals surface area contributed by atoms with Crippen LogP contribution in [0.15, 0.2) is 34.3 Å². The molecule has 0 saturated heterocycles. The molecule has 10 heteroatoms. The van der Waals surface area contributed by atoms with E-state index in [4.69, 9.17) is 16.3 Å². The first-order valence-corrected chi connectivity index (χ1v) is 10.3. The summed E-state index contributed by atoms with van der Waals surface area (Å²) in [5.74, 6) is -0.286. The number of carbonyl (C=O) groups is 1. The van der Waals surface area contributed by atoms with Gasteiger partial charge in [0.05, 0.1) is 6.54 Å². The molecule has 166 valence electrons. The molecule has 31 heavy (non-hydrogen) atoms. The third-order valence-corrected chi connectivity index (χ3v) is 5.11. The summed E-state index contributed by atoms with van der Waals surface area (Å²) >= 11 is 0. The minimum absolute atomic E-state index is 0.114. The van der Waals surface area contributed by atoms with E-state index in [-0.39, 0.29) is 42.9 Å². The lowest BCUT2D eigenvalue weighted by Gasteiger charge is -2.12. The standard InChI is InChI=1S/C21H29N7O3/c1-14-12-26-19(25-8-7-15-5-6-16-3-2-4-17(16)11-15)20(30)28(14)13-18(29)24-9-10-31-27-21(22)23/h5-6,11-12H,2-4,7-10,13H2,1H3,(H,24,29)(H,25,26)(H4,22,23,27). The zero-order valence-electron chi connectivity index (χ0n) is 17.7. The van der Waals surface area contributed by atoms with Crippen molar-refractivity contribution >= 4 is 17.7 Å². The molecule has 0 fully saturated rings. The van der Waals surface area contributed by atoms with Crippen molar-refractivity contribution in [3.63, 3.8) is 0 Å². The predicted octanol–water partition coefficient (Wildman–Crippen LogP) is 0.0162. The number of nitrogens with two attached hydrogens (primary N) is 2. The van der Waals surface area contributed by atoms with E-state index in [1.165, 1.54) is 27.7 Å². The highest BCUT2D eigenvalue weighted by Crippen LogP contribution is 2.22. The second-order valence-corrected chi connectivity index (χ2v) is 7.47. The van der Waals surface area contributed by atoms with Crippen LogP contribution in [0.25, 0.3) is 0 Å². The summed E-state index contributed by atoms with van der Waals surface area (Å²) in [4.78, 5) is 33.9. The lowest BCUT2D eigenvalue weighted by molar-refractivity contribution is -0.122. The summed E-state index contributed by atoms with van der Waals surface area (Å²) in [6.45, 7) is 2.52.